The minimum atomic E-state index is -0.0308. The van der Waals surface area contributed by atoms with E-state index in [0.29, 0.717) is 6.42 Å². The molecule has 17 heavy (non-hydrogen) atoms. The standard InChI is InChI=1S/C15H26O2/c1-2-3-4-5-6-13-7-10-15(11-8-13)12-9-14(16)17-15/h13H,2-12H2,1H3. The topological polar surface area (TPSA) is 26.3 Å². The second-order valence-electron chi connectivity index (χ2n) is 5.95. The molecule has 2 nitrogen and oxygen atoms in total. The molecule has 2 heteroatoms. The lowest BCUT2D eigenvalue weighted by Crippen LogP contribution is -2.33. The van der Waals surface area contributed by atoms with Crippen molar-refractivity contribution in [3.8, 4) is 0 Å². The molecule has 2 fully saturated rings. The summed E-state index contributed by atoms with van der Waals surface area (Å²) in [5.41, 5.74) is -0.0308. The maximum Gasteiger partial charge on any atom is 0.306 e. The Labute approximate surface area is 105 Å². The lowest BCUT2D eigenvalue weighted by Gasteiger charge is -2.35. The van der Waals surface area contributed by atoms with Gasteiger partial charge in [0.25, 0.3) is 0 Å². The van der Waals surface area contributed by atoms with Crippen molar-refractivity contribution in [1.82, 2.24) is 0 Å². The zero-order valence-corrected chi connectivity index (χ0v) is 11.2. The second kappa shape index (κ2) is 5.88. The van der Waals surface area contributed by atoms with Gasteiger partial charge < -0.3 is 4.74 Å². The molecule has 0 bridgehead atoms. The molecule has 1 saturated carbocycles. The van der Waals surface area contributed by atoms with E-state index in [0.717, 1.165) is 25.2 Å². The van der Waals surface area contributed by atoms with Crippen molar-refractivity contribution in [2.75, 3.05) is 0 Å². The summed E-state index contributed by atoms with van der Waals surface area (Å²) in [4.78, 5) is 11.2. The van der Waals surface area contributed by atoms with Gasteiger partial charge in [0.2, 0.25) is 0 Å². The van der Waals surface area contributed by atoms with Crippen molar-refractivity contribution in [3.05, 3.63) is 0 Å². The van der Waals surface area contributed by atoms with E-state index in [9.17, 15) is 4.79 Å². The van der Waals surface area contributed by atoms with E-state index in [-0.39, 0.29) is 11.6 Å². The van der Waals surface area contributed by atoms with Gasteiger partial charge >= 0.3 is 5.97 Å². The Hall–Kier alpha value is -0.530. The molecule has 1 aliphatic carbocycles. The Morgan fingerprint density at radius 3 is 2.53 bits per heavy atom. The van der Waals surface area contributed by atoms with Crippen molar-refractivity contribution >= 4 is 5.97 Å². The van der Waals surface area contributed by atoms with Crippen LogP contribution in [0.5, 0.6) is 0 Å². The summed E-state index contributed by atoms with van der Waals surface area (Å²) in [7, 11) is 0. The molecule has 0 aromatic rings. The highest BCUT2D eigenvalue weighted by Crippen LogP contribution is 2.43. The zero-order chi connectivity index (χ0) is 12.1. The summed E-state index contributed by atoms with van der Waals surface area (Å²) >= 11 is 0. The molecule has 0 N–H and O–H groups in total. The molecule has 1 spiro atoms. The van der Waals surface area contributed by atoms with E-state index >= 15 is 0 Å². The fraction of sp³-hybridized carbons (Fsp3) is 0.933. The third-order valence-electron chi connectivity index (χ3n) is 4.60. The monoisotopic (exact) mass is 238 g/mol. The largest absolute Gasteiger partial charge is 0.459 e. The Bertz CT molecular complexity index is 252. The first-order valence-electron chi connectivity index (χ1n) is 7.46. The van der Waals surface area contributed by atoms with Crippen LogP contribution in [0.15, 0.2) is 0 Å². The number of ether oxygens (including phenoxy) is 1. The van der Waals surface area contributed by atoms with E-state index in [2.05, 4.69) is 6.92 Å². The molecular weight excluding hydrogens is 212 g/mol. The number of carbonyl (C=O) groups is 1. The van der Waals surface area contributed by atoms with Gasteiger partial charge in [-0.1, -0.05) is 39.0 Å². The van der Waals surface area contributed by atoms with E-state index in [1.54, 1.807) is 0 Å². The van der Waals surface area contributed by atoms with Crippen LogP contribution in [0.4, 0.5) is 0 Å². The molecule has 0 aromatic carbocycles. The molecular formula is C15H26O2. The molecule has 1 aliphatic heterocycles. The van der Waals surface area contributed by atoms with Gasteiger partial charge in [-0.25, -0.2) is 0 Å². The van der Waals surface area contributed by atoms with Crippen LogP contribution in [0.2, 0.25) is 0 Å². The van der Waals surface area contributed by atoms with E-state index in [1.165, 1.54) is 44.9 Å². The normalized spacial score (nSPS) is 33.0. The van der Waals surface area contributed by atoms with E-state index in [1.807, 2.05) is 0 Å². The zero-order valence-electron chi connectivity index (χ0n) is 11.2. The maximum atomic E-state index is 11.2. The van der Waals surface area contributed by atoms with Gasteiger partial charge in [-0.3, -0.25) is 4.79 Å². The van der Waals surface area contributed by atoms with Crippen LogP contribution in [-0.2, 0) is 9.53 Å². The summed E-state index contributed by atoms with van der Waals surface area (Å²) in [6.07, 6.45) is 13.3. The lowest BCUT2D eigenvalue weighted by atomic mass is 9.76. The Balaban J connectivity index is 1.66. The predicted molar refractivity (Wildman–Crippen MR) is 68.8 cm³/mol. The summed E-state index contributed by atoms with van der Waals surface area (Å²) in [5, 5.41) is 0. The number of rotatable bonds is 5. The quantitative estimate of drug-likeness (QED) is 0.529. The molecule has 2 aliphatic rings. The highest BCUT2D eigenvalue weighted by molar-refractivity contribution is 5.72. The molecule has 0 aromatic heterocycles. The molecule has 0 unspecified atom stereocenters. The number of hydrogen-bond acceptors (Lipinski definition) is 2. The van der Waals surface area contributed by atoms with Crippen LogP contribution in [0, 0.1) is 5.92 Å². The van der Waals surface area contributed by atoms with Crippen molar-refractivity contribution in [1.29, 1.82) is 0 Å². The van der Waals surface area contributed by atoms with Crippen molar-refractivity contribution in [2.45, 2.75) is 83.2 Å². The third kappa shape index (κ3) is 3.46. The molecule has 1 saturated heterocycles. The van der Waals surface area contributed by atoms with Crippen molar-refractivity contribution in [3.63, 3.8) is 0 Å². The lowest BCUT2D eigenvalue weighted by molar-refractivity contribution is -0.151. The molecule has 0 amide bonds. The van der Waals surface area contributed by atoms with Crippen LogP contribution < -0.4 is 0 Å². The van der Waals surface area contributed by atoms with Gasteiger partial charge in [0.05, 0.1) is 0 Å². The predicted octanol–water partition coefficient (Wildman–Crippen LogP) is 4.22. The minimum absolute atomic E-state index is 0.0308. The summed E-state index contributed by atoms with van der Waals surface area (Å²) in [5.74, 6) is 0.933. The number of carbonyl (C=O) groups excluding carboxylic acids is 1. The SMILES string of the molecule is CCCCCCC1CCC2(CCC(=O)O2)CC1. The van der Waals surface area contributed by atoms with Gasteiger partial charge in [-0.05, 0) is 38.0 Å². The highest BCUT2D eigenvalue weighted by atomic mass is 16.6. The van der Waals surface area contributed by atoms with Crippen LogP contribution in [0.3, 0.4) is 0 Å². The highest BCUT2D eigenvalue weighted by Gasteiger charge is 2.42. The molecule has 0 atom stereocenters. The third-order valence-corrected chi connectivity index (χ3v) is 4.60. The van der Waals surface area contributed by atoms with E-state index < -0.39 is 0 Å². The number of unbranched alkanes of at least 4 members (excludes halogenated alkanes) is 3. The smallest absolute Gasteiger partial charge is 0.306 e. The van der Waals surface area contributed by atoms with Crippen LogP contribution in [0.1, 0.15) is 77.6 Å². The summed E-state index contributed by atoms with van der Waals surface area (Å²) in [6.45, 7) is 2.26. The molecule has 1 heterocycles. The van der Waals surface area contributed by atoms with Crippen molar-refractivity contribution in [2.24, 2.45) is 5.92 Å². The fourth-order valence-corrected chi connectivity index (χ4v) is 3.38. The maximum absolute atomic E-state index is 11.2. The van der Waals surface area contributed by atoms with Crippen LogP contribution >= 0.6 is 0 Å². The first-order valence-corrected chi connectivity index (χ1v) is 7.46. The van der Waals surface area contributed by atoms with Crippen LogP contribution in [0.25, 0.3) is 0 Å². The molecule has 2 rings (SSSR count). The Morgan fingerprint density at radius 1 is 1.18 bits per heavy atom. The number of hydrogen-bond donors (Lipinski definition) is 0. The fourth-order valence-electron chi connectivity index (χ4n) is 3.38. The Morgan fingerprint density at radius 2 is 1.94 bits per heavy atom. The minimum Gasteiger partial charge on any atom is -0.459 e. The van der Waals surface area contributed by atoms with Crippen LogP contribution in [-0.4, -0.2) is 11.6 Å². The summed E-state index contributed by atoms with van der Waals surface area (Å²) in [6, 6.07) is 0. The molecule has 98 valence electrons. The molecule has 0 radical (unpaired) electrons. The first kappa shape index (κ1) is 12.9. The van der Waals surface area contributed by atoms with Gasteiger partial charge in [-0.15, -0.1) is 0 Å². The van der Waals surface area contributed by atoms with Gasteiger partial charge in [0, 0.05) is 6.42 Å². The average molecular weight is 238 g/mol. The van der Waals surface area contributed by atoms with E-state index in [4.69, 9.17) is 4.74 Å². The van der Waals surface area contributed by atoms with Gasteiger partial charge in [0.1, 0.15) is 5.60 Å². The van der Waals surface area contributed by atoms with Crippen molar-refractivity contribution < 1.29 is 9.53 Å². The second-order valence-corrected chi connectivity index (χ2v) is 5.95. The van der Waals surface area contributed by atoms with Gasteiger partial charge in [-0.2, -0.15) is 0 Å². The van der Waals surface area contributed by atoms with Gasteiger partial charge in [0.15, 0.2) is 0 Å². The summed E-state index contributed by atoms with van der Waals surface area (Å²) < 4.78 is 5.54. The average Bonchev–Trinajstić information content (AvgIpc) is 2.69. The first-order chi connectivity index (χ1) is 8.24. The number of esters is 1. The Kier molecular flexibility index (Phi) is 4.47.